The average Bonchev–Trinajstić information content (AvgIpc) is 2.95. The summed E-state index contributed by atoms with van der Waals surface area (Å²) in [6, 6.07) is 0. The van der Waals surface area contributed by atoms with E-state index in [-0.39, 0.29) is 11.8 Å². The molecule has 1 amide bonds. The van der Waals surface area contributed by atoms with Crippen molar-refractivity contribution in [2.24, 2.45) is 11.8 Å². The lowest BCUT2D eigenvalue weighted by atomic mass is 9.97. The summed E-state index contributed by atoms with van der Waals surface area (Å²) in [6.45, 7) is 4.84. The fourth-order valence-electron chi connectivity index (χ4n) is 3.01. The van der Waals surface area contributed by atoms with E-state index in [2.05, 4.69) is 23.8 Å². The van der Waals surface area contributed by atoms with Gasteiger partial charge in [-0.1, -0.05) is 19.8 Å². The maximum atomic E-state index is 12.1. The molecule has 2 rings (SSSR count). The third kappa shape index (κ3) is 2.97. The number of hydrogen-bond donors (Lipinski definition) is 2. The van der Waals surface area contributed by atoms with Gasteiger partial charge in [-0.15, -0.1) is 0 Å². The summed E-state index contributed by atoms with van der Waals surface area (Å²) >= 11 is 1.93. The van der Waals surface area contributed by atoms with Crippen LogP contribution in [0.3, 0.4) is 0 Å². The fraction of sp³-hybridized carbons (Fsp3) is 0.923. The minimum atomic E-state index is 0.176. The van der Waals surface area contributed by atoms with Crippen molar-refractivity contribution in [2.45, 2.75) is 37.4 Å². The summed E-state index contributed by atoms with van der Waals surface area (Å²) in [4.78, 5) is 12.1. The van der Waals surface area contributed by atoms with Gasteiger partial charge in [-0.3, -0.25) is 4.79 Å². The van der Waals surface area contributed by atoms with Gasteiger partial charge >= 0.3 is 0 Å². The van der Waals surface area contributed by atoms with Crippen LogP contribution in [0, 0.1) is 11.8 Å². The minimum absolute atomic E-state index is 0.176. The van der Waals surface area contributed by atoms with Gasteiger partial charge in [0.1, 0.15) is 0 Å². The Morgan fingerprint density at radius 3 is 2.65 bits per heavy atom. The van der Waals surface area contributed by atoms with Gasteiger partial charge in [0, 0.05) is 17.8 Å². The summed E-state index contributed by atoms with van der Waals surface area (Å²) in [5.74, 6) is 0.905. The molecule has 2 aliphatic rings. The number of nitrogens with one attached hydrogen (secondary N) is 2. The summed E-state index contributed by atoms with van der Waals surface area (Å²) in [7, 11) is 0. The van der Waals surface area contributed by atoms with E-state index in [0.29, 0.717) is 10.7 Å². The van der Waals surface area contributed by atoms with E-state index >= 15 is 0 Å². The summed E-state index contributed by atoms with van der Waals surface area (Å²) in [5.41, 5.74) is 0. The molecule has 1 saturated carbocycles. The fourth-order valence-corrected chi connectivity index (χ4v) is 3.93. The van der Waals surface area contributed by atoms with Crippen molar-refractivity contribution in [1.82, 2.24) is 10.6 Å². The van der Waals surface area contributed by atoms with Crippen LogP contribution in [0.25, 0.3) is 0 Å². The number of amides is 1. The van der Waals surface area contributed by atoms with E-state index in [1.54, 1.807) is 0 Å². The van der Waals surface area contributed by atoms with Gasteiger partial charge in [-0.05, 0) is 31.6 Å². The van der Waals surface area contributed by atoms with E-state index in [1.165, 1.54) is 25.7 Å². The molecule has 2 atom stereocenters. The van der Waals surface area contributed by atoms with E-state index in [1.807, 2.05) is 11.8 Å². The predicted octanol–water partition coefficient (Wildman–Crippen LogP) is 1.63. The molecule has 2 N–H and O–H groups in total. The number of thioether (sulfide) groups is 1. The monoisotopic (exact) mass is 256 g/mol. The molecule has 1 aliphatic heterocycles. The standard InChI is InChI=1S/C13H24N2OS/c1-10-7-14-8-11(10)12(16)15-9-13(17-2)5-3-4-6-13/h10-11,14H,3-9H2,1-2H3,(H,15,16)/t10-,11-/m1/s1. The van der Waals surface area contributed by atoms with Crippen LogP contribution >= 0.6 is 11.8 Å². The van der Waals surface area contributed by atoms with Gasteiger partial charge in [-0.25, -0.2) is 0 Å². The first-order valence-corrected chi connectivity index (χ1v) is 7.93. The Morgan fingerprint density at radius 2 is 2.12 bits per heavy atom. The van der Waals surface area contributed by atoms with Gasteiger partial charge in [0.15, 0.2) is 0 Å². The van der Waals surface area contributed by atoms with Gasteiger partial charge in [-0.2, -0.15) is 11.8 Å². The maximum absolute atomic E-state index is 12.1. The zero-order valence-corrected chi connectivity index (χ0v) is 11.7. The lowest BCUT2D eigenvalue weighted by Gasteiger charge is -2.28. The third-order valence-corrected chi connectivity index (χ3v) is 5.81. The molecule has 0 radical (unpaired) electrons. The van der Waals surface area contributed by atoms with E-state index in [9.17, 15) is 4.79 Å². The van der Waals surface area contributed by atoms with E-state index in [4.69, 9.17) is 0 Å². The van der Waals surface area contributed by atoms with Crippen LogP contribution < -0.4 is 10.6 Å². The largest absolute Gasteiger partial charge is 0.354 e. The molecule has 2 fully saturated rings. The Labute approximate surface area is 108 Å². The molecule has 1 heterocycles. The Morgan fingerprint density at radius 1 is 1.41 bits per heavy atom. The first-order chi connectivity index (χ1) is 8.17. The topological polar surface area (TPSA) is 41.1 Å². The van der Waals surface area contributed by atoms with Gasteiger partial charge in [0.05, 0.1) is 5.92 Å². The Bertz CT molecular complexity index is 277. The molecular formula is C13H24N2OS. The lowest BCUT2D eigenvalue weighted by Crippen LogP contribution is -2.42. The number of carbonyl (C=O) groups excluding carboxylic acids is 1. The highest BCUT2D eigenvalue weighted by Gasteiger charge is 2.35. The van der Waals surface area contributed by atoms with Crippen molar-refractivity contribution in [3.8, 4) is 0 Å². The summed E-state index contributed by atoms with van der Waals surface area (Å²) < 4.78 is 0.324. The highest BCUT2D eigenvalue weighted by atomic mass is 32.2. The highest BCUT2D eigenvalue weighted by Crippen LogP contribution is 2.39. The second-order valence-electron chi connectivity index (χ2n) is 5.55. The molecule has 1 saturated heterocycles. The smallest absolute Gasteiger partial charge is 0.224 e. The van der Waals surface area contributed by atoms with Crippen LogP contribution in [0.5, 0.6) is 0 Å². The molecule has 4 heteroatoms. The second-order valence-corrected chi connectivity index (χ2v) is 6.83. The average molecular weight is 256 g/mol. The zero-order valence-electron chi connectivity index (χ0n) is 10.9. The first-order valence-electron chi connectivity index (χ1n) is 6.70. The van der Waals surface area contributed by atoms with Crippen LogP contribution in [-0.2, 0) is 4.79 Å². The van der Waals surface area contributed by atoms with Crippen LogP contribution in [0.4, 0.5) is 0 Å². The zero-order chi connectivity index (χ0) is 12.3. The molecule has 98 valence electrons. The van der Waals surface area contributed by atoms with E-state index < -0.39 is 0 Å². The molecule has 0 aromatic heterocycles. The van der Waals surface area contributed by atoms with Crippen molar-refractivity contribution in [3.05, 3.63) is 0 Å². The molecule has 0 aromatic rings. The maximum Gasteiger partial charge on any atom is 0.224 e. The van der Waals surface area contributed by atoms with Crippen LogP contribution in [0.1, 0.15) is 32.6 Å². The van der Waals surface area contributed by atoms with Crippen LogP contribution in [-0.4, -0.2) is 36.5 Å². The molecule has 0 spiro atoms. The summed E-state index contributed by atoms with van der Waals surface area (Å²) in [5, 5.41) is 6.48. The third-order valence-electron chi connectivity index (χ3n) is 4.39. The molecule has 0 aromatic carbocycles. The SMILES string of the molecule is CSC1(CNC(=O)[C@@H]2CNC[C@H]2C)CCCC1. The van der Waals surface area contributed by atoms with Crippen molar-refractivity contribution < 1.29 is 4.79 Å². The molecule has 17 heavy (non-hydrogen) atoms. The van der Waals surface area contributed by atoms with Crippen molar-refractivity contribution in [1.29, 1.82) is 0 Å². The van der Waals surface area contributed by atoms with Gasteiger partial charge in [0.25, 0.3) is 0 Å². The highest BCUT2D eigenvalue weighted by molar-refractivity contribution is 8.00. The molecular weight excluding hydrogens is 232 g/mol. The normalized spacial score (nSPS) is 31.6. The first kappa shape index (κ1) is 13.2. The van der Waals surface area contributed by atoms with Crippen molar-refractivity contribution in [3.63, 3.8) is 0 Å². The van der Waals surface area contributed by atoms with Crippen LogP contribution in [0.15, 0.2) is 0 Å². The van der Waals surface area contributed by atoms with Crippen molar-refractivity contribution in [2.75, 3.05) is 25.9 Å². The quantitative estimate of drug-likeness (QED) is 0.803. The second kappa shape index (κ2) is 5.61. The minimum Gasteiger partial charge on any atom is -0.354 e. The Kier molecular flexibility index (Phi) is 4.36. The Balaban J connectivity index is 1.82. The molecule has 0 bridgehead atoms. The van der Waals surface area contributed by atoms with E-state index in [0.717, 1.165) is 19.6 Å². The number of carbonyl (C=O) groups is 1. The van der Waals surface area contributed by atoms with Gasteiger partial charge in [0.2, 0.25) is 5.91 Å². The van der Waals surface area contributed by atoms with Crippen molar-refractivity contribution >= 4 is 17.7 Å². The van der Waals surface area contributed by atoms with Gasteiger partial charge < -0.3 is 10.6 Å². The number of rotatable bonds is 4. The lowest BCUT2D eigenvalue weighted by molar-refractivity contribution is -0.125. The molecule has 3 nitrogen and oxygen atoms in total. The molecule has 0 unspecified atom stereocenters. The number of hydrogen-bond acceptors (Lipinski definition) is 3. The molecule has 1 aliphatic carbocycles. The summed E-state index contributed by atoms with van der Waals surface area (Å²) in [6.07, 6.45) is 7.33. The predicted molar refractivity (Wildman–Crippen MR) is 73.2 cm³/mol. The Hall–Kier alpha value is -0.220. The van der Waals surface area contributed by atoms with Crippen LogP contribution in [0.2, 0.25) is 0 Å².